The summed E-state index contributed by atoms with van der Waals surface area (Å²) >= 11 is 0. The van der Waals surface area contributed by atoms with Gasteiger partial charge in [0.15, 0.2) is 6.17 Å². The number of furan rings is 1. The average Bonchev–Trinajstić information content (AvgIpc) is 3.19. The second kappa shape index (κ2) is 6.88. The van der Waals surface area contributed by atoms with Crippen molar-refractivity contribution < 1.29 is 13.2 Å². The van der Waals surface area contributed by atoms with Crippen LogP contribution in [0.3, 0.4) is 0 Å². The molecule has 4 rings (SSSR count). The van der Waals surface area contributed by atoms with E-state index in [2.05, 4.69) is 9.97 Å². The first-order valence-electron chi connectivity index (χ1n) is 8.06. The number of hydrogen-bond donors (Lipinski definition) is 0. The van der Waals surface area contributed by atoms with E-state index < -0.39 is 12.0 Å². The summed E-state index contributed by atoms with van der Waals surface area (Å²) < 4.78 is 34.7. The third-order valence-electron chi connectivity index (χ3n) is 4.09. The fourth-order valence-corrected chi connectivity index (χ4v) is 2.82. The number of aromatic nitrogens is 2. The standard InChI is InChI=1S/C21H14F2N2O/c22-16-6-7-17(21(23)15-11-24-13-25-12-15)18(10-16)20-9-8-19(26-20)14-4-2-1-3-5-14/h1-13,21H. The van der Waals surface area contributed by atoms with Crippen molar-refractivity contribution in [2.24, 2.45) is 0 Å². The third kappa shape index (κ3) is 3.11. The zero-order valence-corrected chi connectivity index (χ0v) is 13.6. The summed E-state index contributed by atoms with van der Waals surface area (Å²) in [4.78, 5) is 7.69. The van der Waals surface area contributed by atoms with Crippen molar-refractivity contribution in [3.05, 3.63) is 96.3 Å². The fourth-order valence-electron chi connectivity index (χ4n) is 2.82. The summed E-state index contributed by atoms with van der Waals surface area (Å²) in [5.41, 5.74) is 1.86. The van der Waals surface area contributed by atoms with Gasteiger partial charge in [-0.3, -0.25) is 0 Å². The van der Waals surface area contributed by atoms with Crippen LogP contribution in [0.4, 0.5) is 8.78 Å². The number of benzene rings is 2. The Kier molecular flexibility index (Phi) is 4.27. The Morgan fingerprint density at radius 1 is 0.846 bits per heavy atom. The highest BCUT2D eigenvalue weighted by Crippen LogP contribution is 2.36. The SMILES string of the molecule is Fc1ccc(C(F)c2cncnc2)c(-c2ccc(-c3ccccc3)o2)c1. The molecule has 2 heterocycles. The van der Waals surface area contributed by atoms with Gasteiger partial charge in [0, 0.05) is 34.6 Å². The molecule has 0 aliphatic carbocycles. The minimum Gasteiger partial charge on any atom is -0.456 e. The average molecular weight is 348 g/mol. The van der Waals surface area contributed by atoms with Gasteiger partial charge in [0.1, 0.15) is 23.7 Å². The highest BCUT2D eigenvalue weighted by molar-refractivity contribution is 5.68. The topological polar surface area (TPSA) is 38.9 Å². The largest absolute Gasteiger partial charge is 0.456 e. The van der Waals surface area contributed by atoms with Gasteiger partial charge >= 0.3 is 0 Å². The summed E-state index contributed by atoms with van der Waals surface area (Å²) in [6.45, 7) is 0. The van der Waals surface area contributed by atoms with Crippen molar-refractivity contribution >= 4 is 0 Å². The summed E-state index contributed by atoms with van der Waals surface area (Å²) in [7, 11) is 0. The Labute approximate surface area is 149 Å². The third-order valence-corrected chi connectivity index (χ3v) is 4.09. The molecule has 4 aromatic rings. The van der Waals surface area contributed by atoms with Crippen molar-refractivity contribution in [3.8, 4) is 22.6 Å². The fraction of sp³-hybridized carbons (Fsp3) is 0.0476. The highest BCUT2D eigenvalue weighted by atomic mass is 19.1. The van der Waals surface area contributed by atoms with Crippen LogP contribution in [0, 0.1) is 5.82 Å². The Morgan fingerprint density at radius 3 is 2.35 bits per heavy atom. The minimum absolute atomic E-state index is 0.301. The Balaban J connectivity index is 1.77. The molecule has 0 N–H and O–H groups in total. The lowest BCUT2D eigenvalue weighted by atomic mass is 9.98. The van der Waals surface area contributed by atoms with E-state index >= 15 is 4.39 Å². The molecule has 1 atom stereocenters. The maximum absolute atomic E-state index is 15.0. The van der Waals surface area contributed by atoms with Crippen molar-refractivity contribution in [1.82, 2.24) is 9.97 Å². The normalized spacial score (nSPS) is 12.1. The van der Waals surface area contributed by atoms with Gasteiger partial charge in [0.25, 0.3) is 0 Å². The maximum Gasteiger partial charge on any atom is 0.154 e. The van der Waals surface area contributed by atoms with Gasteiger partial charge in [-0.15, -0.1) is 0 Å². The van der Waals surface area contributed by atoms with Crippen LogP contribution in [0.2, 0.25) is 0 Å². The molecule has 128 valence electrons. The van der Waals surface area contributed by atoms with Gasteiger partial charge in [-0.2, -0.15) is 0 Å². The second-order valence-electron chi connectivity index (χ2n) is 5.80. The van der Waals surface area contributed by atoms with Crippen molar-refractivity contribution in [1.29, 1.82) is 0 Å². The highest BCUT2D eigenvalue weighted by Gasteiger charge is 2.20. The van der Waals surface area contributed by atoms with Crippen LogP contribution in [0.15, 0.2) is 83.8 Å². The Morgan fingerprint density at radius 2 is 1.58 bits per heavy atom. The van der Waals surface area contributed by atoms with Crippen LogP contribution < -0.4 is 0 Å². The van der Waals surface area contributed by atoms with Gasteiger partial charge in [-0.25, -0.2) is 18.7 Å². The van der Waals surface area contributed by atoms with E-state index in [1.54, 1.807) is 12.1 Å². The zero-order chi connectivity index (χ0) is 17.9. The molecule has 0 amide bonds. The molecule has 0 saturated carbocycles. The maximum atomic E-state index is 15.0. The van der Waals surface area contributed by atoms with Crippen molar-refractivity contribution in [2.75, 3.05) is 0 Å². The van der Waals surface area contributed by atoms with Crippen LogP contribution in [0.25, 0.3) is 22.6 Å². The first-order chi connectivity index (χ1) is 12.7. The van der Waals surface area contributed by atoms with Crippen LogP contribution in [0.5, 0.6) is 0 Å². The van der Waals surface area contributed by atoms with E-state index in [1.165, 1.54) is 36.9 Å². The molecule has 26 heavy (non-hydrogen) atoms. The van der Waals surface area contributed by atoms with Gasteiger partial charge in [-0.1, -0.05) is 36.4 Å². The molecule has 2 aromatic carbocycles. The minimum atomic E-state index is -1.49. The number of halogens is 2. The number of hydrogen-bond acceptors (Lipinski definition) is 3. The van der Waals surface area contributed by atoms with E-state index in [4.69, 9.17) is 4.42 Å². The molecule has 2 aromatic heterocycles. The molecular formula is C21H14F2N2O. The first kappa shape index (κ1) is 16.1. The lowest BCUT2D eigenvalue weighted by molar-refractivity contribution is 0.399. The molecule has 1 unspecified atom stereocenters. The van der Waals surface area contributed by atoms with E-state index in [9.17, 15) is 4.39 Å². The molecule has 0 spiro atoms. The zero-order valence-electron chi connectivity index (χ0n) is 13.6. The summed E-state index contributed by atoms with van der Waals surface area (Å²) in [6.07, 6.45) is 2.66. The summed E-state index contributed by atoms with van der Waals surface area (Å²) in [5.74, 6) is 0.574. The van der Waals surface area contributed by atoms with Gasteiger partial charge < -0.3 is 4.42 Å². The molecule has 0 aliphatic heterocycles. The van der Waals surface area contributed by atoms with Crippen LogP contribution in [-0.2, 0) is 0 Å². The monoisotopic (exact) mass is 348 g/mol. The Hall–Kier alpha value is -3.34. The van der Waals surface area contributed by atoms with Crippen molar-refractivity contribution in [3.63, 3.8) is 0 Å². The van der Waals surface area contributed by atoms with Gasteiger partial charge in [-0.05, 0) is 24.3 Å². The molecule has 0 radical (unpaired) electrons. The molecule has 0 bridgehead atoms. The van der Waals surface area contributed by atoms with Crippen molar-refractivity contribution in [2.45, 2.75) is 6.17 Å². The van der Waals surface area contributed by atoms with Crippen LogP contribution in [-0.4, -0.2) is 9.97 Å². The first-order valence-corrected chi connectivity index (χ1v) is 8.06. The molecular weight excluding hydrogens is 334 g/mol. The quantitative estimate of drug-likeness (QED) is 0.482. The van der Waals surface area contributed by atoms with Crippen LogP contribution in [0.1, 0.15) is 17.3 Å². The van der Waals surface area contributed by atoms with Gasteiger partial charge in [0.2, 0.25) is 0 Å². The number of alkyl halides is 1. The summed E-state index contributed by atoms with van der Waals surface area (Å²) in [5, 5.41) is 0. The number of rotatable bonds is 4. The van der Waals surface area contributed by atoms with E-state index in [0.29, 0.717) is 28.2 Å². The molecule has 3 nitrogen and oxygen atoms in total. The predicted octanol–water partition coefficient (Wildman–Crippen LogP) is 5.60. The van der Waals surface area contributed by atoms with E-state index in [1.807, 2.05) is 30.3 Å². The van der Waals surface area contributed by atoms with E-state index in [-0.39, 0.29) is 0 Å². The molecule has 0 saturated heterocycles. The molecule has 0 aliphatic rings. The Bertz CT molecular complexity index is 1020. The molecule has 5 heteroatoms. The van der Waals surface area contributed by atoms with Crippen LogP contribution >= 0.6 is 0 Å². The predicted molar refractivity (Wildman–Crippen MR) is 94.5 cm³/mol. The molecule has 0 fully saturated rings. The second-order valence-corrected chi connectivity index (χ2v) is 5.80. The smallest absolute Gasteiger partial charge is 0.154 e. The summed E-state index contributed by atoms with van der Waals surface area (Å²) in [6, 6.07) is 17.0. The lowest BCUT2D eigenvalue weighted by Gasteiger charge is -2.12. The van der Waals surface area contributed by atoms with Gasteiger partial charge in [0.05, 0.1) is 0 Å². The van der Waals surface area contributed by atoms with E-state index in [0.717, 1.165) is 5.56 Å². The number of nitrogens with zero attached hydrogens (tertiary/aromatic N) is 2. The lowest BCUT2D eigenvalue weighted by Crippen LogP contribution is -1.99.